The monoisotopic (exact) mass is 260 g/mol. The van der Waals surface area contributed by atoms with Gasteiger partial charge in [-0.15, -0.1) is 0 Å². The normalized spacial score (nSPS) is 15.8. The van der Waals surface area contributed by atoms with Gasteiger partial charge in [-0.2, -0.15) is 13.2 Å². The molecule has 1 N–H and O–H groups in total. The van der Waals surface area contributed by atoms with E-state index in [1.165, 1.54) is 6.07 Å². The molecule has 6 heteroatoms. The molecule has 100 valence electrons. The number of hydrogen-bond donors (Lipinski definition) is 1. The number of alkyl halides is 3. The predicted molar refractivity (Wildman–Crippen MR) is 60.4 cm³/mol. The van der Waals surface area contributed by atoms with Gasteiger partial charge in [-0.3, -0.25) is 4.98 Å². The third-order valence-electron chi connectivity index (χ3n) is 2.60. The van der Waals surface area contributed by atoms with Gasteiger partial charge in [0.05, 0.1) is 5.69 Å². The summed E-state index contributed by atoms with van der Waals surface area (Å²) in [5, 5.41) is 3.21. The van der Waals surface area contributed by atoms with E-state index in [1.807, 2.05) is 0 Å². The fraction of sp³-hybridized carbons (Fsp3) is 0.583. The molecule has 0 radical (unpaired) electrons. The molecule has 0 bridgehead atoms. The van der Waals surface area contributed by atoms with E-state index in [4.69, 9.17) is 4.74 Å². The fourth-order valence-electron chi connectivity index (χ4n) is 1.54. The van der Waals surface area contributed by atoms with Crippen LogP contribution in [-0.2, 0) is 6.54 Å². The average molecular weight is 260 g/mol. The van der Waals surface area contributed by atoms with Gasteiger partial charge in [-0.1, -0.05) is 0 Å². The number of pyridine rings is 1. The van der Waals surface area contributed by atoms with E-state index in [9.17, 15) is 13.2 Å². The predicted octanol–water partition coefficient (Wildman–Crippen LogP) is 2.58. The highest BCUT2D eigenvalue weighted by Crippen LogP contribution is 2.23. The van der Waals surface area contributed by atoms with Gasteiger partial charge in [-0.25, -0.2) is 0 Å². The van der Waals surface area contributed by atoms with Crippen LogP contribution in [0.15, 0.2) is 12.1 Å². The number of nitrogens with zero attached hydrogens (tertiary/aromatic N) is 1. The van der Waals surface area contributed by atoms with Crippen LogP contribution in [0.1, 0.15) is 24.2 Å². The van der Waals surface area contributed by atoms with Crippen molar-refractivity contribution in [2.24, 2.45) is 0 Å². The third-order valence-corrected chi connectivity index (χ3v) is 2.60. The van der Waals surface area contributed by atoms with Crippen LogP contribution in [0.4, 0.5) is 13.2 Å². The molecule has 1 aromatic rings. The van der Waals surface area contributed by atoms with Crippen LogP contribution in [0, 0.1) is 6.92 Å². The van der Waals surface area contributed by atoms with E-state index in [-0.39, 0.29) is 5.75 Å². The van der Waals surface area contributed by atoms with Crippen molar-refractivity contribution < 1.29 is 17.9 Å². The molecule has 0 spiro atoms. The zero-order valence-corrected chi connectivity index (χ0v) is 10.0. The first-order valence-corrected chi connectivity index (χ1v) is 5.83. The van der Waals surface area contributed by atoms with Gasteiger partial charge in [0.25, 0.3) is 0 Å². The van der Waals surface area contributed by atoms with Crippen LogP contribution < -0.4 is 10.1 Å². The van der Waals surface area contributed by atoms with Crippen LogP contribution in [0.2, 0.25) is 0 Å². The van der Waals surface area contributed by atoms with E-state index in [0.717, 1.165) is 18.5 Å². The lowest BCUT2D eigenvalue weighted by Gasteiger charge is -2.13. The Morgan fingerprint density at radius 2 is 2.11 bits per heavy atom. The van der Waals surface area contributed by atoms with Crippen molar-refractivity contribution in [3.05, 3.63) is 23.5 Å². The van der Waals surface area contributed by atoms with Crippen LogP contribution in [-0.4, -0.2) is 23.8 Å². The molecule has 1 saturated carbocycles. The van der Waals surface area contributed by atoms with Gasteiger partial charge in [0, 0.05) is 18.3 Å². The Hall–Kier alpha value is -1.30. The maximum absolute atomic E-state index is 12.1. The van der Waals surface area contributed by atoms with E-state index in [2.05, 4.69) is 10.3 Å². The number of rotatable bonds is 5. The Labute approximate surface area is 103 Å². The van der Waals surface area contributed by atoms with Crippen molar-refractivity contribution in [2.45, 2.75) is 38.5 Å². The lowest BCUT2D eigenvalue weighted by atomic mass is 10.3. The third kappa shape index (κ3) is 4.18. The van der Waals surface area contributed by atoms with Crippen LogP contribution in [0.25, 0.3) is 0 Å². The first kappa shape index (κ1) is 13.1. The summed E-state index contributed by atoms with van der Waals surface area (Å²) >= 11 is 0. The molecule has 0 atom stereocenters. The van der Waals surface area contributed by atoms with Crippen molar-refractivity contribution in [1.29, 1.82) is 0 Å². The van der Waals surface area contributed by atoms with Gasteiger partial charge < -0.3 is 10.1 Å². The van der Waals surface area contributed by atoms with E-state index < -0.39 is 12.8 Å². The molecule has 1 aliphatic rings. The number of halogens is 3. The first-order valence-electron chi connectivity index (χ1n) is 5.83. The smallest absolute Gasteiger partial charge is 0.422 e. The molecule has 3 nitrogen and oxygen atoms in total. The second-order valence-corrected chi connectivity index (χ2v) is 4.46. The lowest BCUT2D eigenvalue weighted by molar-refractivity contribution is -0.153. The number of aromatic nitrogens is 1. The van der Waals surface area contributed by atoms with E-state index in [0.29, 0.717) is 18.3 Å². The Bertz CT molecular complexity index is 416. The quantitative estimate of drug-likeness (QED) is 0.883. The molecule has 0 aliphatic heterocycles. The average Bonchev–Trinajstić information content (AvgIpc) is 3.07. The maximum atomic E-state index is 12.1. The van der Waals surface area contributed by atoms with Crippen LogP contribution in [0.3, 0.4) is 0 Å². The summed E-state index contributed by atoms with van der Waals surface area (Å²) in [6.07, 6.45) is -2.10. The lowest BCUT2D eigenvalue weighted by Crippen LogP contribution is -2.22. The fourth-order valence-corrected chi connectivity index (χ4v) is 1.54. The largest absolute Gasteiger partial charge is 0.482 e. The molecular weight excluding hydrogens is 245 g/mol. The summed E-state index contributed by atoms with van der Waals surface area (Å²) in [6.45, 7) is 0.960. The topological polar surface area (TPSA) is 34.1 Å². The molecule has 2 rings (SSSR count). The molecule has 1 heterocycles. The number of hydrogen-bond acceptors (Lipinski definition) is 3. The van der Waals surface area contributed by atoms with Crippen LogP contribution in [0.5, 0.6) is 5.75 Å². The Balaban J connectivity index is 2.01. The molecule has 18 heavy (non-hydrogen) atoms. The zero-order valence-electron chi connectivity index (χ0n) is 10.0. The van der Waals surface area contributed by atoms with Crippen molar-refractivity contribution in [3.63, 3.8) is 0 Å². The van der Waals surface area contributed by atoms with Gasteiger partial charge >= 0.3 is 6.18 Å². The molecule has 1 aliphatic carbocycles. The second-order valence-electron chi connectivity index (χ2n) is 4.46. The second kappa shape index (κ2) is 5.14. The summed E-state index contributed by atoms with van der Waals surface area (Å²) in [6, 6.07) is 3.66. The van der Waals surface area contributed by atoms with Crippen molar-refractivity contribution in [2.75, 3.05) is 6.61 Å². The van der Waals surface area contributed by atoms with E-state index in [1.54, 1.807) is 13.0 Å². The molecule has 1 fully saturated rings. The molecule has 0 aromatic carbocycles. The van der Waals surface area contributed by atoms with Crippen molar-refractivity contribution in [3.8, 4) is 5.75 Å². The Kier molecular flexibility index (Phi) is 3.75. The van der Waals surface area contributed by atoms with E-state index >= 15 is 0 Å². The minimum atomic E-state index is -4.33. The first-order chi connectivity index (χ1) is 8.44. The Morgan fingerprint density at radius 1 is 1.39 bits per heavy atom. The molecular formula is C12H15F3N2O. The molecule has 1 aromatic heterocycles. The van der Waals surface area contributed by atoms with Gasteiger partial charge in [0.1, 0.15) is 5.75 Å². The minimum absolute atomic E-state index is 0.200. The highest BCUT2D eigenvalue weighted by molar-refractivity contribution is 5.29. The van der Waals surface area contributed by atoms with Gasteiger partial charge in [0.2, 0.25) is 0 Å². The highest BCUT2D eigenvalue weighted by atomic mass is 19.4. The van der Waals surface area contributed by atoms with Gasteiger partial charge in [-0.05, 0) is 31.9 Å². The maximum Gasteiger partial charge on any atom is 0.422 e. The van der Waals surface area contributed by atoms with Crippen LogP contribution >= 0.6 is 0 Å². The Morgan fingerprint density at radius 3 is 2.72 bits per heavy atom. The summed E-state index contributed by atoms with van der Waals surface area (Å²) in [5.74, 6) is 0.200. The molecule has 0 amide bonds. The van der Waals surface area contributed by atoms with Crippen molar-refractivity contribution >= 4 is 0 Å². The summed E-state index contributed by atoms with van der Waals surface area (Å²) in [5.41, 5.74) is 1.30. The number of ether oxygens (including phenoxy) is 1. The summed E-state index contributed by atoms with van der Waals surface area (Å²) in [4.78, 5) is 4.22. The molecule has 0 unspecified atom stereocenters. The zero-order chi connectivity index (χ0) is 13.2. The SMILES string of the molecule is Cc1ccc(OCC(F)(F)F)c(CNC2CC2)n1. The number of nitrogens with one attached hydrogen (secondary N) is 1. The van der Waals surface area contributed by atoms with Crippen molar-refractivity contribution in [1.82, 2.24) is 10.3 Å². The molecule has 0 saturated heterocycles. The highest BCUT2D eigenvalue weighted by Gasteiger charge is 2.29. The minimum Gasteiger partial charge on any atom is -0.482 e. The van der Waals surface area contributed by atoms with Gasteiger partial charge in [0.15, 0.2) is 6.61 Å². The number of aryl methyl sites for hydroxylation is 1. The standard InChI is InChI=1S/C12H15F3N2O/c1-8-2-5-11(18-7-12(13,14)15)10(17-8)6-16-9-3-4-9/h2,5,9,16H,3-4,6-7H2,1H3. The summed E-state index contributed by atoms with van der Waals surface area (Å²) in [7, 11) is 0. The summed E-state index contributed by atoms with van der Waals surface area (Å²) < 4.78 is 41.1.